The van der Waals surface area contributed by atoms with Gasteiger partial charge in [0.25, 0.3) is 0 Å². The maximum absolute atomic E-state index is 12.3. The predicted octanol–water partition coefficient (Wildman–Crippen LogP) is 2.49. The molecule has 1 aromatic heterocycles. The van der Waals surface area contributed by atoms with Crippen LogP contribution in [0.5, 0.6) is 0 Å². The van der Waals surface area contributed by atoms with E-state index in [1.807, 2.05) is 0 Å². The molecule has 0 atom stereocenters. The third-order valence-corrected chi connectivity index (χ3v) is 4.03. The van der Waals surface area contributed by atoms with Gasteiger partial charge in [-0.2, -0.15) is 13.2 Å². The van der Waals surface area contributed by atoms with Gasteiger partial charge in [-0.15, -0.1) is 10.2 Å². The van der Waals surface area contributed by atoms with Crippen molar-refractivity contribution in [3.05, 3.63) is 5.01 Å². The van der Waals surface area contributed by atoms with E-state index in [-0.39, 0.29) is 11.2 Å². The lowest BCUT2D eigenvalue weighted by atomic mass is 9.86. The molecule has 0 spiro atoms. The molecule has 0 saturated heterocycles. The molecular weight excluding hydrogens is 265 g/mol. The maximum Gasteiger partial charge on any atom is 0.445 e. The van der Waals surface area contributed by atoms with Crippen LogP contribution >= 0.6 is 11.3 Å². The number of alkyl halides is 3. The minimum absolute atomic E-state index is 0.234. The van der Waals surface area contributed by atoms with E-state index >= 15 is 0 Å². The molecule has 102 valence electrons. The smallest absolute Gasteiger partial charge is 0.360 e. The summed E-state index contributed by atoms with van der Waals surface area (Å²) in [6.45, 7) is 0.638. The number of aromatic nitrogens is 2. The van der Waals surface area contributed by atoms with Crippen LogP contribution in [0.2, 0.25) is 0 Å². The number of rotatable bonds is 3. The van der Waals surface area contributed by atoms with Gasteiger partial charge in [0, 0.05) is 12.6 Å². The molecule has 0 aliphatic heterocycles. The highest BCUT2D eigenvalue weighted by molar-refractivity contribution is 7.15. The summed E-state index contributed by atoms with van der Waals surface area (Å²) < 4.78 is 36.9. The second-order valence-electron chi connectivity index (χ2n) is 4.57. The fourth-order valence-electron chi connectivity index (χ4n) is 2.03. The van der Waals surface area contributed by atoms with Crippen LogP contribution in [0.25, 0.3) is 0 Å². The molecule has 1 saturated carbocycles. The molecule has 18 heavy (non-hydrogen) atoms. The van der Waals surface area contributed by atoms with Crippen LogP contribution in [0, 0.1) is 5.92 Å². The van der Waals surface area contributed by atoms with E-state index in [2.05, 4.69) is 15.5 Å². The standard InChI is InChI=1S/C10H15F3N4S/c11-10(12,13)8-16-17-9(18-8)15-5-6-1-3-7(14)4-2-6/h6-7H,1-5,14H2,(H,15,17). The minimum Gasteiger partial charge on any atom is -0.360 e. The SMILES string of the molecule is NC1CCC(CNc2nnc(C(F)(F)F)s2)CC1. The Kier molecular flexibility index (Phi) is 4.06. The third kappa shape index (κ3) is 3.55. The molecule has 0 aromatic carbocycles. The highest BCUT2D eigenvalue weighted by Gasteiger charge is 2.35. The molecule has 8 heteroatoms. The molecule has 2 rings (SSSR count). The predicted molar refractivity (Wildman–Crippen MR) is 63.3 cm³/mol. The molecule has 1 fully saturated rings. The summed E-state index contributed by atoms with van der Waals surface area (Å²) in [6, 6.07) is 0.277. The molecule has 4 nitrogen and oxygen atoms in total. The van der Waals surface area contributed by atoms with Crippen LogP contribution in [0.4, 0.5) is 18.3 Å². The first-order valence-electron chi connectivity index (χ1n) is 5.85. The van der Waals surface area contributed by atoms with Crippen LogP contribution in [-0.2, 0) is 6.18 Å². The van der Waals surface area contributed by atoms with Crippen LogP contribution in [0.3, 0.4) is 0 Å². The average molecular weight is 280 g/mol. The normalized spacial score (nSPS) is 25.1. The number of nitrogens with zero attached hydrogens (tertiary/aromatic N) is 2. The topological polar surface area (TPSA) is 63.8 Å². The number of anilines is 1. The Morgan fingerprint density at radius 2 is 1.89 bits per heavy atom. The Morgan fingerprint density at radius 1 is 1.22 bits per heavy atom. The van der Waals surface area contributed by atoms with Crippen molar-refractivity contribution in [2.75, 3.05) is 11.9 Å². The van der Waals surface area contributed by atoms with Gasteiger partial charge in [-0.05, 0) is 31.6 Å². The fraction of sp³-hybridized carbons (Fsp3) is 0.800. The lowest BCUT2D eigenvalue weighted by Crippen LogP contribution is -2.29. The molecule has 1 aromatic rings. The van der Waals surface area contributed by atoms with Crippen molar-refractivity contribution in [1.29, 1.82) is 0 Å². The van der Waals surface area contributed by atoms with Gasteiger partial charge in [0.2, 0.25) is 10.1 Å². The van der Waals surface area contributed by atoms with Crippen LogP contribution < -0.4 is 11.1 Å². The number of hydrogen-bond donors (Lipinski definition) is 2. The first kappa shape index (κ1) is 13.5. The molecule has 0 radical (unpaired) electrons. The largest absolute Gasteiger partial charge is 0.445 e. The van der Waals surface area contributed by atoms with Gasteiger partial charge in [-0.3, -0.25) is 0 Å². The lowest BCUT2D eigenvalue weighted by Gasteiger charge is -2.25. The van der Waals surface area contributed by atoms with Gasteiger partial charge in [0.15, 0.2) is 0 Å². The van der Waals surface area contributed by atoms with E-state index in [0.29, 0.717) is 23.8 Å². The summed E-state index contributed by atoms with van der Waals surface area (Å²) in [5.41, 5.74) is 5.79. The van der Waals surface area contributed by atoms with Crippen molar-refractivity contribution in [2.45, 2.75) is 37.9 Å². The van der Waals surface area contributed by atoms with Crippen molar-refractivity contribution >= 4 is 16.5 Å². The Balaban J connectivity index is 1.82. The molecule has 0 unspecified atom stereocenters. The molecule has 3 N–H and O–H groups in total. The fourth-order valence-corrected chi connectivity index (χ4v) is 2.65. The Bertz CT molecular complexity index is 385. The number of nitrogens with one attached hydrogen (secondary N) is 1. The van der Waals surface area contributed by atoms with Crippen molar-refractivity contribution in [1.82, 2.24) is 10.2 Å². The summed E-state index contributed by atoms with van der Waals surface area (Å²) in [5, 5.41) is 8.87. The summed E-state index contributed by atoms with van der Waals surface area (Å²) in [5.74, 6) is 0.461. The number of hydrogen-bond acceptors (Lipinski definition) is 5. The molecule has 0 amide bonds. The van der Waals surface area contributed by atoms with Gasteiger partial charge in [0.05, 0.1) is 0 Å². The van der Waals surface area contributed by atoms with E-state index in [9.17, 15) is 13.2 Å². The van der Waals surface area contributed by atoms with Gasteiger partial charge in [-0.25, -0.2) is 0 Å². The van der Waals surface area contributed by atoms with Crippen molar-refractivity contribution in [2.24, 2.45) is 11.7 Å². The molecule has 1 aliphatic rings. The third-order valence-electron chi connectivity index (χ3n) is 3.10. The molecule has 1 heterocycles. The first-order valence-corrected chi connectivity index (χ1v) is 6.67. The summed E-state index contributed by atoms with van der Waals surface area (Å²) >= 11 is 0.546. The Morgan fingerprint density at radius 3 is 2.44 bits per heavy atom. The number of halogens is 3. The van der Waals surface area contributed by atoms with Gasteiger partial charge in [0.1, 0.15) is 0 Å². The lowest BCUT2D eigenvalue weighted by molar-refractivity contribution is -0.138. The zero-order chi connectivity index (χ0) is 13.2. The minimum atomic E-state index is -4.41. The first-order chi connectivity index (χ1) is 8.45. The zero-order valence-electron chi connectivity index (χ0n) is 9.70. The summed E-state index contributed by atoms with van der Waals surface area (Å²) in [4.78, 5) is 0. The van der Waals surface area contributed by atoms with Crippen LogP contribution in [0.15, 0.2) is 0 Å². The highest BCUT2D eigenvalue weighted by Crippen LogP contribution is 2.33. The van der Waals surface area contributed by atoms with Crippen LogP contribution in [0.1, 0.15) is 30.7 Å². The monoisotopic (exact) mass is 280 g/mol. The Labute approximate surface area is 107 Å². The molecular formula is C10H15F3N4S. The van der Waals surface area contributed by atoms with Crippen molar-refractivity contribution in [3.8, 4) is 0 Å². The van der Waals surface area contributed by atoms with Gasteiger partial charge in [-0.1, -0.05) is 11.3 Å². The quantitative estimate of drug-likeness (QED) is 0.893. The number of nitrogens with two attached hydrogens (primary N) is 1. The Hall–Kier alpha value is -0.890. The molecule has 1 aliphatic carbocycles. The van der Waals surface area contributed by atoms with E-state index in [1.54, 1.807) is 0 Å². The van der Waals surface area contributed by atoms with Crippen molar-refractivity contribution < 1.29 is 13.2 Å². The van der Waals surface area contributed by atoms with Gasteiger partial charge >= 0.3 is 6.18 Å². The maximum atomic E-state index is 12.3. The van der Waals surface area contributed by atoms with E-state index in [1.165, 1.54) is 0 Å². The van der Waals surface area contributed by atoms with E-state index in [4.69, 9.17) is 5.73 Å². The highest BCUT2D eigenvalue weighted by atomic mass is 32.1. The second-order valence-corrected chi connectivity index (χ2v) is 5.55. The summed E-state index contributed by atoms with van der Waals surface area (Å²) in [7, 11) is 0. The van der Waals surface area contributed by atoms with E-state index in [0.717, 1.165) is 25.7 Å². The van der Waals surface area contributed by atoms with Gasteiger partial charge < -0.3 is 11.1 Å². The average Bonchev–Trinajstić information content (AvgIpc) is 2.77. The van der Waals surface area contributed by atoms with E-state index < -0.39 is 11.2 Å². The van der Waals surface area contributed by atoms with Crippen molar-refractivity contribution in [3.63, 3.8) is 0 Å². The molecule has 0 bridgehead atoms. The second kappa shape index (κ2) is 5.40. The van der Waals surface area contributed by atoms with Crippen LogP contribution in [-0.4, -0.2) is 22.8 Å². The zero-order valence-corrected chi connectivity index (χ0v) is 10.5. The summed E-state index contributed by atoms with van der Waals surface area (Å²) in [6.07, 6.45) is -0.417.